The van der Waals surface area contributed by atoms with Gasteiger partial charge in [-0.15, -0.1) is 0 Å². The predicted octanol–water partition coefficient (Wildman–Crippen LogP) is 3.40. The first-order chi connectivity index (χ1) is 14.3. The summed E-state index contributed by atoms with van der Waals surface area (Å²) in [4.78, 5) is 12.9. The molecule has 1 atom stereocenters. The van der Waals surface area contributed by atoms with Crippen molar-refractivity contribution in [3.05, 3.63) is 17.5 Å². The third-order valence-electron chi connectivity index (χ3n) is 6.23. The minimum absolute atomic E-state index is 0.0990. The predicted molar refractivity (Wildman–Crippen MR) is 113 cm³/mol. The normalized spacial score (nSPS) is 21.7. The van der Waals surface area contributed by atoms with Crippen LogP contribution >= 0.6 is 0 Å². The van der Waals surface area contributed by atoms with E-state index in [0.29, 0.717) is 18.3 Å². The molecule has 2 saturated heterocycles. The number of ketones is 1. The summed E-state index contributed by atoms with van der Waals surface area (Å²) in [6.07, 6.45) is 5.36. The van der Waals surface area contributed by atoms with Crippen LogP contribution in [-0.4, -0.2) is 55.7 Å². The molecule has 170 valence electrons. The van der Waals surface area contributed by atoms with Gasteiger partial charge in [-0.05, 0) is 58.4 Å². The highest BCUT2D eigenvalue weighted by Crippen LogP contribution is 2.26. The fraction of sp³-hybridized carbons (Fsp3) is 0.826. The first-order valence-corrected chi connectivity index (χ1v) is 11.3. The van der Waals surface area contributed by atoms with Gasteiger partial charge in [-0.25, -0.2) is 0 Å². The van der Waals surface area contributed by atoms with Gasteiger partial charge in [0.25, 0.3) is 0 Å². The molecule has 0 aromatic carbocycles. The van der Waals surface area contributed by atoms with Gasteiger partial charge in [0, 0.05) is 31.3 Å². The molecule has 1 aromatic heterocycles. The van der Waals surface area contributed by atoms with Crippen LogP contribution in [0.4, 0.5) is 0 Å². The summed E-state index contributed by atoms with van der Waals surface area (Å²) >= 11 is 0. The molecule has 1 unspecified atom stereocenters. The SMILES string of the molecule is CC(C)(NCC1CCOCC1)C(=O)Cc1cc(C(C)(C)COC2CCCCO2)no1. The Balaban J connectivity index is 1.49. The Bertz CT molecular complexity index is 673. The molecule has 2 aliphatic rings. The Kier molecular flexibility index (Phi) is 8.07. The molecule has 1 N–H and O–H groups in total. The van der Waals surface area contributed by atoms with Gasteiger partial charge in [0.15, 0.2) is 12.1 Å². The van der Waals surface area contributed by atoms with E-state index in [0.717, 1.165) is 64.2 Å². The molecule has 3 rings (SSSR count). The van der Waals surface area contributed by atoms with Crippen molar-refractivity contribution in [2.24, 2.45) is 5.92 Å². The van der Waals surface area contributed by atoms with Gasteiger partial charge in [0.2, 0.25) is 0 Å². The molecule has 0 bridgehead atoms. The van der Waals surface area contributed by atoms with Crippen LogP contribution in [0.2, 0.25) is 0 Å². The van der Waals surface area contributed by atoms with E-state index in [1.807, 2.05) is 19.9 Å². The number of nitrogens with zero attached hydrogens (tertiary/aromatic N) is 1. The standard InChI is InChI=1S/C23H38N2O5/c1-22(2,16-29-21-7-5-6-10-28-21)19-13-18(30-25-19)14-20(26)23(3,4)24-15-17-8-11-27-12-9-17/h13,17,21,24H,5-12,14-16H2,1-4H3. The van der Waals surface area contributed by atoms with E-state index in [4.69, 9.17) is 18.7 Å². The van der Waals surface area contributed by atoms with Gasteiger partial charge < -0.3 is 24.1 Å². The fourth-order valence-corrected chi connectivity index (χ4v) is 3.76. The molecular formula is C23H38N2O5. The summed E-state index contributed by atoms with van der Waals surface area (Å²) in [5, 5.41) is 7.67. The molecule has 0 spiro atoms. The topological polar surface area (TPSA) is 82.8 Å². The Morgan fingerprint density at radius 1 is 1.17 bits per heavy atom. The average molecular weight is 423 g/mol. The number of carbonyl (C=O) groups is 1. The lowest BCUT2D eigenvalue weighted by atomic mass is 9.89. The highest BCUT2D eigenvalue weighted by atomic mass is 16.7. The third-order valence-corrected chi connectivity index (χ3v) is 6.23. The zero-order valence-corrected chi connectivity index (χ0v) is 19.0. The van der Waals surface area contributed by atoms with Gasteiger partial charge in [0.05, 0.1) is 24.3 Å². The van der Waals surface area contributed by atoms with Crippen molar-refractivity contribution < 1.29 is 23.5 Å². The summed E-state index contributed by atoms with van der Waals surface area (Å²) < 4.78 is 22.5. The summed E-state index contributed by atoms with van der Waals surface area (Å²) in [5.74, 6) is 1.26. The summed E-state index contributed by atoms with van der Waals surface area (Å²) in [5.41, 5.74) is -0.126. The minimum atomic E-state index is -0.609. The lowest BCUT2D eigenvalue weighted by Gasteiger charge is -2.29. The Hall–Kier alpha value is -1.28. The molecule has 0 radical (unpaired) electrons. The molecule has 0 amide bonds. The molecular weight excluding hydrogens is 384 g/mol. The molecule has 0 saturated carbocycles. The van der Waals surface area contributed by atoms with Crippen molar-refractivity contribution in [2.75, 3.05) is 33.0 Å². The zero-order chi connectivity index (χ0) is 21.6. The average Bonchev–Trinajstić information content (AvgIpc) is 3.22. The number of nitrogens with one attached hydrogen (secondary N) is 1. The van der Waals surface area contributed by atoms with E-state index < -0.39 is 5.54 Å². The second-order valence-electron chi connectivity index (χ2n) is 9.83. The van der Waals surface area contributed by atoms with Crippen LogP contribution in [-0.2, 0) is 30.8 Å². The maximum Gasteiger partial charge on any atom is 0.159 e. The van der Waals surface area contributed by atoms with E-state index >= 15 is 0 Å². The van der Waals surface area contributed by atoms with Gasteiger partial charge in [0.1, 0.15) is 5.76 Å². The first kappa shape index (κ1) is 23.4. The maximum atomic E-state index is 12.9. The summed E-state index contributed by atoms with van der Waals surface area (Å²) in [7, 11) is 0. The number of rotatable bonds is 10. The number of carbonyl (C=O) groups excluding carboxylic acids is 1. The van der Waals surface area contributed by atoms with Gasteiger partial charge in [-0.1, -0.05) is 19.0 Å². The van der Waals surface area contributed by atoms with E-state index in [1.54, 1.807) is 0 Å². The van der Waals surface area contributed by atoms with E-state index in [1.165, 1.54) is 0 Å². The quantitative estimate of drug-likeness (QED) is 0.619. The summed E-state index contributed by atoms with van der Waals surface area (Å²) in [6.45, 7) is 11.7. The second-order valence-corrected chi connectivity index (χ2v) is 9.83. The molecule has 3 heterocycles. The van der Waals surface area contributed by atoms with Crippen LogP contribution in [0.25, 0.3) is 0 Å². The monoisotopic (exact) mass is 422 g/mol. The van der Waals surface area contributed by atoms with Crippen molar-refractivity contribution in [1.29, 1.82) is 0 Å². The molecule has 0 aliphatic carbocycles. The van der Waals surface area contributed by atoms with E-state index in [2.05, 4.69) is 24.3 Å². The van der Waals surface area contributed by atoms with Gasteiger partial charge in [-0.3, -0.25) is 4.79 Å². The van der Waals surface area contributed by atoms with Crippen molar-refractivity contribution in [3.63, 3.8) is 0 Å². The van der Waals surface area contributed by atoms with Gasteiger partial charge in [-0.2, -0.15) is 0 Å². The third kappa shape index (κ3) is 6.61. The van der Waals surface area contributed by atoms with Crippen molar-refractivity contribution >= 4 is 5.78 Å². The van der Waals surface area contributed by atoms with E-state index in [-0.39, 0.29) is 23.9 Å². The summed E-state index contributed by atoms with van der Waals surface area (Å²) in [6, 6.07) is 1.89. The van der Waals surface area contributed by atoms with Crippen LogP contribution < -0.4 is 5.32 Å². The van der Waals surface area contributed by atoms with Crippen LogP contribution in [0.15, 0.2) is 10.6 Å². The van der Waals surface area contributed by atoms with Crippen LogP contribution in [0.5, 0.6) is 0 Å². The molecule has 1 aromatic rings. The zero-order valence-electron chi connectivity index (χ0n) is 19.0. The van der Waals surface area contributed by atoms with Crippen LogP contribution in [0.3, 0.4) is 0 Å². The lowest BCUT2D eigenvalue weighted by Crippen LogP contribution is -2.49. The van der Waals surface area contributed by atoms with Crippen LogP contribution in [0.1, 0.15) is 71.3 Å². The Morgan fingerprint density at radius 3 is 2.63 bits per heavy atom. The second kappa shape index (κ2) is 10.4. The molecule has 2 fully saturated rings. The minimum Gasteiger partial charge on any atom is -0.381 e. The van der Waals surface area contributed by atoms with Crippen molar-refractivity contribution in [3.8, 4) is 0 Å². The number of ether oxygens (including phenoxy) is 3. The van der Waals surface area contributed by atoms with Crippen molar-refractivity contribution in [2.45, 2.75) is 83.5 Å². The van der Waals surface area contributed by atoms with Crippen molar-refractivity contribution in [1.82, 2.24) is 10.5 Å². The maximum absolute atomic E-state index is 12.9. The molecule has 7 heteroatoms. The number of Topliss-reactive ketones (excluding diaryl/α,β-unsaturated/α-hetero) is 1. The highest BCUT2D eigenvalue weighted by Gasteiger charge is 2.31. The molecule has 2 aliphatic heterocycles. The number of aromatic nitrogens is 1. The lowest BCUT2D eigenvalue weighted by molar-refractivity contribution is -0.170. The first-order valence-electron chi connectivity index (χ1n) is 11.3. The Labute approximate surface area is 180 Å². The highest BCUT2D eigenvalue weighted by molar-refractivity contribution is 5.89. The smallest absolute Gasteiger partial charge is 0.159 e. The van der Waals surface area contributed by atoms with Gasteiger partial charge >= 0.3 is 0 Å². The molecule has 30 heavy (non-hydrogen) atoms. The van der Waals surface area contributed by atoms with E-state index in [9.17, 15) is 4.79 Å². The molecule has 7 nitrogen and oxygen atoms in total. The Morgan fingerprint density at radius 2 is 1.93 bits per heavy atom. The van der Waals surface area contributed by atoms with Crippen LogP contribution in [0, 0.1) is 5.92 Å². The fourth-order valence-electron chi connectivity index (χ4n) is 3.76. The number of hydrogen-bond acceptors (Lipinski definition) is 7. The number of hydrogen-bond donors (Lipinski definition) is 1. The largest absolute Gasteiger partial charge is 0.381 e.